The van der Waals surface area contributed by atoms with E-state index in [1.54, 1.807) is 18.2 Å². The van der Waals surface area contributed by atoms with Crippen LogP contribution in [0.25, 0.3) is 11.3 Å². The summed E-state index contributed by atoms with van der Waals surface area (Å²) in [7, 11) is 1.92. The number of likely N-dealkylation sites (tertiary alicyclic amines) is 1. The molecule has 0 spiro atoms. The minimum absolute atomic E-state index is 0. The van der Waals surface area contributed by atoms with Crippen molar-refractivity contribution < 1.29 is 9.18 Å². The summed E-state index contributed by atoms with van der Waals surface area (Å²) in [6.45, 7) is 1.47. The summed E-state index contributed by atoms with van der Waals surface area (Å²) < 4.78 is 13.0. The smallest absolute Gasteiger partial charge is 0.271 e. The SMILES string of the molecule is CNC1CCCN(C(=O)c2cc(-c3ccc(F)cc3)n[nH]2)C1.Cl. The number of piperidine rings is 1. The number of aromatic amines is 1. The first-order chi connectivity index (χ1) is 10.7. The fraction of sp³-hybridized carbons (Fsp3) is 0.375. The second kappa shape index (κ2) is 7.57. The van der Waals surface area contributed by atoms with E-state index in [1.165, 1.54) is 12.1 Å². The van der Waals surface area contributed by atoms with Crippen molar-refractivity contribution in [1.82, 2.24) is 20.4 Å². The number of H-pyrrole nitrogens is 1. The van der Waals surface area contributed by atoms with Gasteiger partial charge in [0, 0.05) is 24.7 Å². The van der Waals surface area contributed by atoms with Crippen LogP contribution in [0.2, 0.25) is 0 Å². The molecule has 3 rings (SSSR count). The third-order valence-electron chi connectivity index (χ3n) is 4.07. The van der Waals surface area contributed by atoms with E-state index in [1.807, 2.05) is 11.9 Å². The first-order valence-corrected chi connectivity index (χ1v) is 7.45. The summed E-state index contributed by atoms with van der Waals surface area (Å²) in [4.78, 5) is 14.4. The van der Waals surface area contributed by atoms with Gasteiger partial charge in [-0.15, -0.1) is 12.4 Å². The second-order valence-electron chi connectivity index (χ2n) is 5.55. The molecule has 7 heteroatoms. The third-order valence-corrected chi connectivity index (χ3v) is 4.07. The molecular weight excluding hydrogens is 319 g/mol. The Balaban J connectivity index is 0.00000192. The second-order valence-corrected chi connectivity index (χ2v) is 5.55. The number of likely N-dealkylation sites (N-methyl/N-ethyl adjacent to an activating group) is 1. The molecule has 2 aromatic rings. The number of hydrogen-bond donors (Lipinski definition) is 2. The van der Waals surface area contributed by atoms with E-state index >= 15 is 0 Å². The highest BCUT2D eigenvalue weighted by Crippen LogP contribution is 2.20. The minimum atomic E-state index is -0.290. The van der Waals surface area contributed by atoms with Crippen LogP contribution in [0.15, 0.2) is 30.3 Å². The van der Waals surface area contributed by atoms with Crippen LogP contribution in [0.4, 0.5) is 4.39 Å². The van der Waals surface area contributed by atoms with Crippen molar-refractivity contribution in [3.8, 4) is 11.3 Å². The fourth-order valence-electron chi connectivity index (χ4n) is 2.77. The zero-order valence-electron chi connectivity index (χ0n) is 12.9. The summed E-state index contributed by atoms with van der Waals surface area (Å²) in [5.74, 6) is -0.331. The number of halogens is 2. The molecule has 1 amide bonds. The zero-order valence-corrected chi connectivity index (χ0v) is 13.7. The van der Waals surface area contributed by atoms with Gasteiger partial charge in [0.05, 0.1) is 5.69 Å². The normalized spacial score (nSPS) is 17.7. The molecule has 1 aromatic heterocycles. The van der Waals surface area contributed by atoms with Gasteiger partial charge in [-0.25, -0.2) is 4.39 Å². The highest BCUT2D eigenvalue weighted by Gasteiger charge is 2.24. The molecule has 0 saturated carbocycles. The number of rotatable bonds is 3. The number of benzene rings is 1. The van der Waals surface area contributed by atoms with Gasteiger partial charge in [-0.2, -0.15) is 5.10 Å². The van der Waals surface area contributed by atoms with Gasteiger partial charge in [0.1, 0.15) is 11.5 Å². The monoisotopic (exact) mass is 338 g/mol. The van der Waals surface area contributed by atoms with Crippen LogP contribution < -0.4 is 5.32 Å². The first kappa shape index (κ1) is 17.4. The number of carbonyl (C=O) groups excluding carboxylic acids is 1. The van der Waals surface area contributed by atoms with Crippen molar-refractivity contribution in [2.24, 2.45) is 0 Å². The third kappa shape index (κ3) is 3.89. The molecule has 0 aliphatic carbocycles. The van der Waals surface area contributed by atoms with Gasteiger partial charge in [0.25, 0.3) is 5.91 Å². The highest BCUT2D eigenvalue weighted by molar-refractivity contribution is 5.93. The van der Waals surface area contributed by atoms with E-state index in [0.717, 1.165) is 24.9 Å². The van der Waals surface area contributed by atoms with Gasteiger partial charge >= 0.3 is 0 Å². The average molecular weight is 339 g/mol. The predicted molar refractivity (Wildman–Crippen MR) is 89.2 cm³/mol. The van der Waals surface area contributed by atoms with Crippen LogP contribution in [0.3, 0.4) is 0 Å². The van der Waals surface area contributed by atoms with Crippen molar-refractivity contribution in [3.05, 3.63) is 41.8 Å². The van der Waals surface area contributed by atoms with Crippen molar-refractivity contribution >= 4 is 18.3 Å². The van der Waals surface area contributed by atoms with Crippen LogP contribution in [0.1, 0.15) is 23.3 Å². The van der Waals surface area contributed by atoms with Gasteiger partial charge in [-0.1, -0.05) is 0 Å². The lowest BCUT2D eigenvalue weighted by Gasteiger charge is -2.32. The average Bonchev–Trinajstić information content (AvgIpc) is 3.05. The van der Waals surface area contributed by atoms with Crippen molar-refractivity contribution in [2.45, 2.75) is 18.9 Å². The number of aromatic nitrogens is 2. The summed E-state index contributed by atoms with van der Waals surface area (Å²) >= 11 is 0. The molecule has 2 N–H and O–H groups in total. The Labute approximate surface area is 140 Å². The molecule has 1 fully saturated rings. The molecule has 1 saturated heterocycles. The highest BCUT2D eigenvalue weighted by atomic mass is 35.5. The summed E-state index contributed by atoms with van der Waals surface area (Å²) in [6.07, 6.45) is 2.08. The molecule has 1 atom stereocenters. The molecule has 1 unspecified atom stereocenters. The summed E-state index contributed by atoms with van der Waals surface area (Å²) in [6, 6.07) is 8.13. The number of nitrogens with one attached hydrogen (secondary N) is 2. The van der Waals surface area contributed by atoms with Crippen LogP contribution in [-0.4, -0.2) is 47.2 Å². The molecule has 2 heterocycles. The van der Waals surface area contributed by atoms with E-state index in [2.05, 4.69) is 15.5 Å². The molecule has 1 aromatic carbocycles. The van der Waals surface area contributed by atoms with E-state index in [-0.39, 0.29) is 24.1 Å². The van der Waals surface area contributed by atoms with Gasteiger partial charge in [0.15, 0.2) is 0 Å². The van der Waals surface area contributed by atoms with Gasteiger partial charge in [-0.05, 0) is 50.2 Å². The molecule has 0 radical (unpaired) electrons. The zero-order chi connectivity index (χ0) is 15.5. The number of nitrogens with zero attached hydrogens (tertiary/aromatic N) is 2. The molecule has 1 aliphatic rings. The van der Waals surface area contributed by atoms with Crippen molar-refractivity contribution in [2.75, 3.05) is 20.1 Å². The number of amides is 1. The minimum Gasteiger partial charge on any atom is -0.336 e. The van der Waals surface area contributed by atoms with Crippen molar-refractivity contribution in [1.29, 1.82) is 0 Å². The van der Waals surface area contributed by atoms with Crippen LogP contribution in [0.5, 0.6) is 0 Å². The lowest BCUT2D eigenvalue weighted by molar-refractivity contribution is 0.0692. The lowest BCUT2D eigenvalue weighted by Crippen LogP contribution is -2.47. The van der Waals surface area contributed by atoms with E-state index in [0.29, 0.717) is 24.0 Å². The van der Waals surface area contributed by atoms with Crippen LogP contribution >= 0.6 is 12.4 Å². The number of carbonyl (C=O) groups is 1. The van der Waals surface area contributed by atoms with Gasteiger partial charge < -0.3 is 10.2 Å². The van der Waals surface area contributed by atoms with Crippen LogP contribution in [-0.2, 0) is 0 Å². The Morgan fingerprint density at radius 2 is 2.13 bits per heavy atom. The van der Waals surface area contributed by atoms with Crippen LogP contribution in [0, 0.1) is 5.82 Å². The lowest BCUT2D eigenvalue weighted by atomic mass is 10.1. The topological polar surface area (TPSA) is 61.0 Å². The molecule has 124 valence electrons. The standard InChI is InChI=1S/C16H19FN4O.ClH/c1-18-13-3-2-8-21(10-13)16(22)15-9-14(19-20-15)11-4-6-12(17)7-5-11;/h4-7,9,13,18H,2-3,8,10H2,1H3,(H,19,20);1H. The number of hydrogen-bond acceptors (Lipinski definition) is 3. The predicted octanol–water partition coefficient (Wildman–Crippen LogP) is 2.46. The summed E-state index contributed by atoms with van der Waals surface area (Å²) in [5, 5.41) is 10.2. The van der Waals surface area contributed by atoms with Crippen molar-refractivity contribution in [3.63, 3.8) is 0 Å². The maximum atomic E-state index is 13.0. The van der Waals surface area contributed by atoms with E-state index in [4.69, 9.17) is 0 Å². The molecular formula is C16H20ClFN4O. The van der Waals surface area contributed by atoms with Gasteiger partial charge in [0.2, 0.25) is 0 Å². The maximum absolute atomic E-state index is 13.0. The Hall–Kier alpha value is -1.92. The quantitative estimate of drug-likeness (QED) is 0.903. The van der Waals surface area contributed by atoms with Gasteiger partial charge in [-0.3, -0.25) is 9.89 Å². The maximum Gasteiger partial charge on any atom is 0.271 e. The van der Waals surface area contributed by atoms with E-state index in [9.17, 15) is 9.18 Å². The molecule has 1 aliphatic heterocycles. The summed E-state index contributed by atoms with van der Waals surface area (Å²) in [5.41, 5.74) is 1.89. The molecule has 0 bridgehead atoms. The Kier molecular flexibility index (Phi) is 5.74. The Bertz CT molecular complexity index is 658. The van der Waals surface area contributed by atoms with E-state index < -0.39 is 0 Å². The first-order valence-electron chi connectivity index (χ1n) is 7.45. The Morgan fingerprint density at radius 1 is 1.39 bits per heavy atom. The largest absolute Gasteiger partial charge is 0.336 e. The Morgan fingerprint density at radius 3 is 2.83 bits per heavy atom. The fourth-order valence-corrected chi connectivity index (χ4v) is 2.77. The molecule has 23 heavy (non-hydrogen) atoms. The molecule has 5 nitrogen and oxygen atoms in total.